The van der Waals surface area contributed by atoms with Crippen molar-refractivity contribution in [2.45, 2.75) is 6.54 Å². The van der Waals surface area contributed by atoms with Crippen molar-refractivity contribution < 1.29 is 0 Å². The number of nitrogens with zero attached hydrogens (tertiary/aromatic N) is 2. The molecule has 0 unspecified atom stereocenters. The van der Waals surface area contributed by atoms with Crippen LogP contribution in [0, 0.1) is 0 Å². The van der Waals surface area contributed by atoms with Gasteiger partial charge in [0.15, 0.2) is 0 Å². The summed E-state index contributed by atoms with van der Waals surface area (Å²) < 4.78 is 1.03. The van der Waals surface area contributed by atoms with Crippen molar-refractivity contribution in [1.82, 2.24) is 15.2 Å². The maximum absolute atomic E-state index is 4.32. The quantitative estimate of drug-likeness (QED) is 0.867. The normalized spacial score (nSPS) is 10.9. The molecule has 0 fully saturated rings. The second kappa shape index (κ2) is 6.11. The van der Waals surface area contributed by atoms with Crippen molar-refractivity contribution in [1.29, 1.82) is 0 Å². The molecule has 0 atom stereocenters. The average Bonchev–Trinajstić information content (AvgIpc) is 2.18. The van der Waals surface area contributed by atoms with Crippen LogP contribution in [0.2, 0.25) is 0 Å². The Morgan fingerprint density at radius 3 is 2.86 bits per heavy atom. The molecule has 0 saturated heterocycles. The summed E-state index contributed by atoms with van der Waals surface area (Å²) >= 11 is 3.37. The monoisotopic (exact) mass is 257 g/mol. The lowest BCUT2D eigenvalue weighted by molar-refractivity contribution is 0.324. The van der Waals surface area contributed by atoms with Crippen LogP contribution in [0.15, 0.2) is 22.8 Å². The van der Waals surface area contributed by atoms with Gasteiger partial charge < -0.3 is 5.32 Å². The summed E-state index contributed by atoms with van der Waals surface area (Å²) in [5.41, 5.74) is 1.10. The van der Waals surface area contributed by atoms with Gasteiger partial charge in [0.2, 0.25) is 0 Å². The first-order valence-electron chi connectivity index (χ1n) is 4.66. The second-order valence-electron chi connectivity index (χ2n) is 3.31. The molecule has 0 aliphatic rings. The fourth-order valence-electron chi connectivity index (χ4n) is 1.16. The molecule has 78 valence electrons. The van der Waals surface area contributed by atoms with Gasteiger partial charge in [-0.25, -0.2) is 0 Å². The molecular formula is C10H16BrN3. The molecule has 0 bridgehead atoms. The highest BCUT2D eigenvalue weighted by atomic mass is 79.9. The van der Waals surface area contributed by atoms with Gasteiger partial charge in [-0.3, -0.25) is 9.88 Å². The van der Waals surface area contributed by atoms with Crippen molar-refractivity contribution in [3.63, 3.8) is 0 Å². The lowest BCUT2D eigenvalue weighted by Crippen LogP contribution is -2.27. The summed E-state index contributed by atoms with van der Waals surface area (Å²) in [6.07, 6.45) is 1.83. The van der Waals surface area contributed by atoms with Crippen LogP contribution in [0.1, 0.15) is 5.69 Å². The van der Waals surface area contributed by atoms with E-state index in [4.69, 9.17) is 0 Å². The largest absolute Gasteiger partial charge is 0.318 e. The van der Waals surface area contributed by atoms with Crippen molar-refractivity contribution >= 4 is 15.9 Å². The molecule has 1 rings (SSSR count). The molecule has 0 saturated carbocycles. The third-order valence-electron chi connectivity index (χ3n) is 1.96. The van der Waals surface area contributed by atoms with Gasteiger partial charge in [-0.2, -0.15) is 0 Å². The van der Waals surface area contributed by atoms with E-state index in [2.05, 4.69) is 38.2 Å². The first-order chi connectivity index (χ1) is 6.72. The van der Waals surface area contributed by atoms with Crippen molar-refractivity contribution in [3.8, 4) is 0 Å². The summed E-state index contributed by atoms with van der Waals surface area (Å²) in [7, 11) is 4.06. The Morgan fingerprint density at radius 2 is 2.29 bits per heavy atom. The number of rotatable bonds is 5. The van der Waals surface area contributed by atoms with E-state index in [0.29, 0.717) is 0 Å². The summed E-state index contributed by atoms with van der Waals surface area (Å²) in [5, 5.41) is 3.12. The molecule has 1 heterocycles. The third-order valence-corrected chi connectivity index (χ3v) is 2.43. The van der Waals surface area contributed by atoms with E-state index in [1.807, 2.05) is 25.4 Å². The Morgan fingerprint density at radius 1 is 1.50 bits per heavy atom. The van der Waals surface area contributed by atoms with Crippen LogP contribution in [-0.4, -0.2) is 37.1 Å². The summed E-state index contributed by atoms with van der Waals surface area (Å²) in [5.74, 6) is 0. The Balaban J connectivity index is 2.39. The minimum absolute atomic E-state index is 0.898. The van der Waals surface area contributed by atoms with E-state index in [9.17, 15) is 0 Å². The predicted molar refractivity (Wildman–Crippen MR) is 62.2 cm³/mol. The first kappa shape index (κ1) is 11.6. The van der Waals surface area contributed by atoms with Crippen molar-refractivity contribution in [2.24, 2.45) is 0 Å². The molecule has 0 amide bonds. The standard InChI is InChI=1S/C10H16BrN3/c1-12-5-6-14(2)8-10-4-3-9(11)7-13-10/h3-4,7,12H,5-6,8H2,1-2H3. The predicted octanol–water partition coefficient (Wildman–Crippen LogP) is 1.50. The topological polar surface area (TPSA) is 28.2 Å². The fraction of sp³-hybridized carbons (Fsp3) is 0.500. The Labute approximate surface area is 93.7 Å². The molecule has 1 aromatic heterocycles. The van der Waals surface area contributed by atoms with Crippen LogP contribution < -0.4 is 5.32 Å². The SMILES string of the molecule is CNCCN(C)Cc1ccc(Br)cn1. The van der Waals surface area contributed by atoms with E-state index in [1.54, 1.807) is 0 Å². The zero-order valence-electron chi connectivity index (χ0n) is 8.63. The molecule has 1 N–H and O–H groups in total. The first-order valence-corrected chi connectivity index (χ1v) is 5.45. The van der Waals surface area contributed by atoms with Gasteiger partial charge >= 0.3 is 0 Å². The van der Waals surface area contributed by atoms with Crippen LogP contribution in [0.4, 0.5) is 0 Å². The molecule has 4 heteroatoms. The Bertz CT molecular complexity index is 261. The molecular weight excluding hydrogens is 242 g/mol. The van der Waals surface area contributed by atoms with E-state index in [-0.39, 0.29) is 0 Å². The van der Waals surface area contributed by atoms with Crippen LogP contribution in [0.25, 0.3) is 0 Å². The smallest absolute Gasteiger partial charge is 0.0544 e. The number of hydrogen-bond acceptors (Lipinski definition) is 3. The highest BCUT2D eigenvalue weighted by Gasteiger charge is 2.00. The maximum atomic E-state index is 4.32. The number of likely N-dealkylation sites (N-methyl/N-ethyl adjacent to an activating group) is 2. The molecule has 0 spiro atoms. The van der Waals surface area contributed by atoms with Crippen LogP contribution >= 0.6 is 15.9 Å². The van der Waals surface area contributed by atoms with Gasteiger partial charge in [-0.15, -0.1) is 0 Å². The minimum atomic E-state index is 0.898. The second-order valence-corrected chi connectivity index (χ2v) is 4.22. The molecule has 1 aromatic rings. The minimum Gasteiger partial charge on any atom is -0.318 e. The van der Waals surface area contributed by atoms with Gasteiger partial charge in [0.25, 0.3) is 0 Å². The fourth-order valence-corrected chi connectivity index (χ4v) is 1.39. The highest BCUT2D eigenvalue weighted by molar-refractivity contribution is 9.10. The van der Waals surface area contributed by atoms with Crippen LogP contribution in [0.3, 0.4) is 0 Å². The number of halogens is 1. The van der Waals surface area contributed by atoms with Crippen molar-refractivity contribution in [3.05, 3.63) is 28.5 Å². The number of nitrogens with one attached hydrogen (secondary N) is 1. The third kappa shape index (κ3) is 4.17. The molecule has 3 nitrogen and oxygen atoms in total. The lowest BCUT2D eigenvalue weighted by Gasteiger charge is -2.15. The van der Waals surface area contributed by atoms with E-state index < -0.39 is 0 Å². The molecule has 0 aromatic carbocycles. The highest BCUT2D eigenvalue weighted by Crippen LogP contribution is 2.08. The van der Waals surface area contributed by atoms with Gasteiger partial charge in [-0.1, -0.05) is 0 Å². The zero-order valence-corrected chi connectivity index (χ0v) is 10.2. The summed E-state index contributed by atoms with van der Waals surface area (Å²) in [6.45, 7) is 2.94. The van der Waals surface area contributed by atoms with Crippen LogP contribution in [0.5, 0.6) is 0 Å². The van der Waals surface area contributed by atoms with Crippen molar-refractivity contribution in [2.75, 3.05) is 27.2 Å². The Kier molecular flexibility index (Phi) is 5.07. The number of pyridine rings is 1. The molecule has 0 aliphatic heterocycles. The van der Waals surface area contributed by atoms with E-state index in [1.165, 1.54) is 0 Å². The van der Waals surface area contributed by atoms with Gasteiger partial charge in [-0.05, 0) is 42.2 Å². The molecule has 0 aliphatic carbocycles. The lowest BCUT2D eigenvalue weighted by atomic mass is 10.3. The Hall–Kier alpha value is -0.450. The van der Waals surface area contributed by atoms with Gasteiger partial charge in [0.1, 0.15) is 0 Å². The van der Waals surface area contributed by atoms with Gasteiger partial charge in [0, 0.05) is 30.3 Å². The summed E-state index contributed by atoms with van der Waals surface area (Å²) in [4.78, 5) is 6.56. The summed E-state index contributed by atoms with van der Waals surface area (Å²) in [6, 6.07) is 4.06. The zero-order chi connectivity index (χ0) is 10.4. The average molecular weight is 258 g/mol. The maximum Gasteiger partial charge on any atom is 0.0544 e. The van der Waals surface area contributed by atoms with E-state index in [0.717, 1.165) is 29.8 Å². The van der Waals surface area contributed by atoms with Gasteiger partial charge in [0.05, 0.1) is 5.69 Å². The number of hydrogen-bond donors (Lipinski definition) is 1. The van der Waals surface area contributed by atoms with E-state index >= 15 is 0 Å². The van der Waals surface area contributed by atoms with Crippen LogP contribution in [-0.2, 0) is 6.54 Å². The number of aromatic nitrogens is 1. The molecule has 0 radical (unpaired) electrons. The molecule has 14 heavy (non-hydrogen) atoms.